The van der Waals surface area contributed by atoms with Crippen LogP contribution >= 0.6 is 0 Å². The summed E-state index contributed by atoms with van der Waals surface area (Å²) in [5, 5.41) is 0. The van der Waals surface area contributed by atoms with Crippen molar-refractivity contribution in [1.82, 2.24) is 25.3 Å². The molecule has 0 amide bonds. The number of hydrogen-bond acceptors (Lipinski definition) is 4. The first-order valence-electron chi connectivity index (χ1n) is 10.0. The molecule has 0 saturated carbocycles. The van der Waals surface area contributed by atoms with Gasteiger partial charge in [-0.1, -0.05) is 13.8 Å². The van der Waals surface area contributed by atoms with Crippen molar-refractivity contribution < 1.29 is 0 Å². The molecule has 140 valence electrons. The highest BCUT2D eigenvalue weighted by molar-refractivity contribution is 5.32. The first-order chi connectivity index (χ1) is 12.7. The number of hydrazine groups is 1. The van der Waals surface area contributed by atoms with E-state index in [4.69, 9.17) is 0 Å². The zero-order valence-corrected chi connectivity index (χ0v) is 15.9. The van der Waals surface area contributed by atoms with Crippen LogP contribution in [-0.4, -0.2) is 39.6 Å². The molecule has 2 aliphatic heterocycles. The summed E-state index contributed by atoms with van der Waals surface area (Å²) in [6.45, 7) is 8.00. The third-order valence-electron chi connectivity index (χ3n) is 6.11. The third kappa shape index (κ3) is 3.85. The maximum Gasteiger partial charge on any atom is 0.0636 e. The van der Waals surface area contributed by atoms with E-state index in [1.807, 2.05) is 18.5 Å². The monoisotopic (exact) mass is 353 g/mol. The van der Waals surface area contributed by atoms with Crippen molar-refractivity contribution in [3.63, 3.8) is 0 Å². The molecule has 0 aliphatic carbocycles. The Bertz CT molecular complexity index is 687. The molecule has 2 saturated heterocycles. The molecule has 2 N–H and O–H groups in total. The molecule has 5 nitrogen and oxygen atoms in total. The Hall–Kier alpha value is -1.69. The number of nitrogens with one attached hydrogen (secondary N) is 2. The number of likely N-dealkylation sites (tertiary alicyclic amines) is 1. The number of aromatic nitrogens is 2. The van der Waals surface area contributed by atoms with Crippen molar-refractivity contribution in [3.05, 3.63) is 48.5 Å². The zero-order valence-electron chi connectivity index (χ0n) is 15.9. The van der Waals surface area contributed by atoms with E-state index in [-0.39, 0.29) is 0 Å². The predicted molar refractivity (Wildman–Crippen MR) is 105 cm³/mol. The van der Waals surface area contributed by atoms with Crippen molar-refractivity contribution in [2.75, 3.05) is 13.1 Å². The van der Waals surface area contributed by atoms with Gasteiger partial charge >= 0.3 is 0 Å². The van der Waals surface area contributed by atoms with Gasteiger partial charge in [0, 0.05) is 36.7 Å². The largest absolute Gasteiger partial charge is 0.318 e. The van der Waals surface area contributed by atoms with Gasteiger partial charge in [-0.15, -0.1) is 0 Å². The summed E-state index contributed by atoms with van der Waals surface area (Å²) in [6, 6.07) is 9.75. The van der Waals surface area contributed by atoms with Crippen molar-refractivity contribution >= 4 is 0 Å². The fourth-order valence-electron chi connectivity index (χ4n) is 4.39. The van der Waals surface area contributed by atoms with Crippen molar-refractivity contribution in [2.24, 2.45) is 11.8 Å². The highest BCUT2D eigenvalue weighted by Crippen LogP contribution is 2.27. The molecular formula is C21H31N5. The van der Waals surface area contributed by atoms with Crippen LogP contribution in [0.4, 0.5) is 0 Å². The van der Waals surface area contributed by atoms with Gasteiger partial charge in [-0.2, -0.15) is 0 Å². The van der Waals surface area contributed by atoms with Gasteiger partial charge in [-0.3, -0.25) is 20.7 Å². The van der Waals surface area contributed by atoms with Gasteiger partial charge in [0.05, 0.1) is 11.9 Å². The van der Waals surface area contributed by atoms with Gasteiger partial charge in [-0.05, 0) is 68.5 Å². The zero-order chi connectivity index (χ0) is 17.9. The predicted octanol–water partition coefficient (Wildman–Crippen LogP) is 2.98. The second-order valence-corrected chi connectivity index (χ2v) is 8.18. The Kier molecular flexibility index (Phi) is 5.38. The molecule has 26 heavy (non-hydrogen) atoms. The first-order valence-corrected chi connectivity index (χ1v) is 10.0. The van der Waals surface area contributed by atoms with E-state index in [0.29, 0.717) is 18.0 Å². The molecular weight excluding hydrogens is 322 g/mol. The fourth-order valence-corrected chi connectivity index (χ4v) is 4.39. The Morgan fingerprint density at radius 3 is 2.69 bits per heavy atom. The highest BCUT2D eigenvalue weighted by Gasteiger charge is 2.33. The normalized spacial score (nSPS) is 25.2. The molecule has 0 bridgehead atoms. The van der Waals surface area contributed by atoms with Crippen LogP contribution < -0.4 is 10.9 Å². The Labute approximate surface area is 156 Å². The first kappa shape index (κ1) is 17.7. The SMILES string of the molecule is CC(C)C1CC(C2CCN(Cc3cccn3-c3cccnc3)CC2)NN1. The standard InChI is InChI=1S/C21H31N5/c1-16(2)20-13-21(24-23-20)17-7-11-25(12-8-17)15-19-6-4-10-26(19)18-5-3-9-22-14-18/h3-6,9-10,14,16-17,20-21,23-24H,7-8,11-13,15H2,1-2H3. The van der Waals surface area contributed by atoms with E-state index in [0.717, 1.165) is 18.2 Å². The highest BCUT2D eigenvalue weighted by atomic mass is 15.4. The lowest BCUT2D eigenvalue weighted by molar-refractivity contribution is 0.153. The second kappa shape index (κ2) is 7.91. The van der Waals surface area contributed by atoms with E-state index in [1.54, 1.807) is 0 Å². The summed E-state index contributed by atoms with van der Waals surface area (Å²) in [7, 11) is 0. The molecule has 2 aromatic heterocycles. The van der Waals surface area contributed by atoms with Crippen LogP contribution in [0.15, 0.2) is 42.9 Å². The van der Waals surface area contributed by atoms with Crippen LogP contribution in [0.25, 0.3) is 5.69 Å². The lowest BCUT2D eigenvalue weighted by Crippen LogP contribution is -2.43. The molecule has 2 aliphatic rings. The van der Waals surface area contributed by atoms with Crippen LogP contribution in [-0.2, 0) is 6.54 Å². The van der Waals surface area contributed by atoms with Crippen LogP contribution in [0.3, 0.4) is 0 Å². The second-order valence-electron chi connectivity index (χ2n) is 8.18. The molecule has 0 spiro atoms. The summed E-state index contributed by atoms with van der Waals surface area (Å²) >= 11 is 0. The fraction of sp³-hybridized carbons (Fsp3) is 0.571. The van der Waals surface area contributed by atoms with Crippen LogP contribution in [0.5, 0.6) is 0 Å². The number of hydrogen-bond donors (Lipinski definition) is 2. The van der Waals surface area contributed by atoms with Crippen molar-refractivity contribution in [2.45, 2.75) is 51.7 Å². The summed E-state index contributed by atoms with van der Waals surface area (Å²) in [4.78, 5) is 6.85. The topological polar surface area (TPSA) is 45.1 Å². The minimum atomic E-state index is 0.626. The van der Waals surface area contributed by atoms with Gasteiger partial charge in [0.15, 0.2) is 0 Å². The van der Waals surface area contributed by atoms with Gasteiger partial charge in [0.1, 0.15) is 0 Å². The molecule has 0 radical (unpaired) electrons. The average Bonchev–Trinajstić information content (AvgIpc) is 3.33. The number of piperidine rings is 1. The molecule has 2 unspecified atom stereocenters. The van der Waals surface area contributed by atoms with Crippen LogP contribution in [0.1, 0.15) is 38.8 Å². The van der Waals surface area contributed by atoms with Crippen LogP contribution in [0, 0.1) is 11.8 Å². The minimum Gasteiger partial charge on any atom is -0.318 e. The van der Waals surface area contributed by atoms with Crippen molar-refractivity contribution in [1.29, 1.82) is 0 Å². The van der Waals surface area contributed by atoms with Crippen molar-refractivity contribution in [3.8, 4) is 5.69 Å². The Morgan fingerprint density at radius 2 is 2.00 bits per heavy atom. The molecule has 4 rings (SSSR count). The summed E-state index contributed by atoms with van der Waals surface area (Å²) < 4.78 is 2.26. The average molecular weight is 354 g/mol. The maximum atomic E-state index is 4.25. The molecule has 0 aromatic carbocycles. The molecule has 5 heteroatoms. The molecule has 2 fully saturated rings. The van der Waals surface area contributed by atoms with E-state index >= 15 is 0 Å². The Balaban J connectivity index is 1.32. The summed E-state index contributed by atoms with van der Waals surface area (Å²) in [5.74, 6) is 1.50. The van der Waals surface area contributed by atoms with Gasteiger partial charge in [0.2, 0.25) is 0 Å². The number of nitrogens with zero attached hydrogens (tertiary/aromatic N) is 3. The van der Waals surface area contributed by atoms with E-state index in [9.17, 15) is 0 Å². The summed E-state index contributed by atoms with van der Waals surface area (Å²) in [5.41, 5.74) is 9.56. The molecule has 2 atom stereocenters. The lowest BCUT2D eigenvalue weighted by atomic mass is 9.85. The lowest BCUT2D eigenvalue weighted by Gasteiger charge is -2.34. The minimum absolute atomic E-state index is 0.626. The quantitative estimate of drug-likeness (QED) is 0.867. The number of rotatable bonds is 5. The van der Waals surface area contributed by atoms with Gasteiger partial charge < -0.3 is 4.57 Å². The van der Waals surface area contributed by atoms with E-state index < -0.39 is 0 Å². The third-order valence-corrected chi connectivity index (χ3v) is 6.11. The van der Waals surface area contributed by atoms with Gasteiger partial charge in [-0.25, -0.2) is 0 Å². The molecule has 2 aromatic rings. The maximum absolute atomic E-state index is 4.25. The van der Waals surface area contributed by atoms with E-state index in [1.165, 1.54) is 38.0 Å². The molecule has 4 heterocycles. The Morgan fingerprint density at radius 1 is 1.15 bits per heavy atom. The van der Waals surface area contributed by atoms with Gasteiger partial charge in [0.25, 0.3) is 0 Å². The summed E-state index contributed by atoms with van der Waals surface area (Å²) in [6.07, 6.45) is 9.74. The van der Waals surface area contributed by atoms with Crippen LogP contribution in [0.2, 0.25) is 0 Å². The smallest absolute Gasteiger partial charge is 0.0636 e. The van der Waals surface area contributed by atoms with E-state index in [2.05, 4.69) is 63.5 Å². The number of pyridine rings is 1.